The fourth-order valence-corrected chi connectivity index (χ4v) is 1.43. The summed E-state index contributed by atoms with van der Waals surface area (Å²) in [6.07, 6.45) is -0.569. The molecule has 1 unspecified atom stereocenters. The molecule has 1 amide bonds. The summed E-state index contributed by atoms with van der Waals surface area (Å²) in [5.74, 6) is 0.415. The smallest absolute Gasteiger partial charge is 0.258 e. The molecule has 0 saturated carbocycles. The first kappa shape index (κ1) is 14.5. The minimum atomic E-state index is -0.569. The lowest BCUT2D eigenvalue weighted by Crippen LogP contribution is -2.39. The Bertz CT molecular complexity index is 355. The number of carbonyl (C=O) groups is 1. The highest BCUT2D eigenvalue weighted by molar-refractivity contribution is 5.77. The molecule has 0 aliphatic heterocycles. The Hall–Kier alpha value is -1.59. The molecule has 0 aromatic heterocycles. The highest BCUT2D eigenvalue weighted by Crippen LogP contribution is 2.07. The third-order valence-electron chi connectivity index (χ3n) is 2.22. The molecule has 1 rings (SSSR count). The maximum Gasteiger partial charge on any atom is 0.258 e. The number of nitrogens with one attached hydrogen (secondary N) is 1. The van der Waals surface area contributed by atoms with Crippen LogP contribution in [0.4, 0.5) is 0 Å². The Labute approximate surface area is 107 Å². The first-order valence-corrected chi connectivity index (χ1v) is 5.85. The predicted molar refractivity (Wildman–Crippen MR) is 69.5 cm³/mol. The van der Waals surface area contributed by atoms with E-state index in [1.807, 2.05) is 37.2 Å². The second-order valence-corrected chi connectivity index (χ2v) is 4.32. The molecule has 5 nitrogen and oxygen atoms in total. The topological polar surface area (TPSA) is 61.8 Å². The van der Waals surface area contributed by atoms with Gasteiger partial charge in [0.25, 0.3) is 5.91 Å². The van der Waals surface area contributed by atoms with Gasteiger partial charge in [-0.15, -0.1) is 0 Å². The maximum absolute atomic E-state index is 11.4. The molecule has 0 aliphatic carbocycles. The number of hydrogen-bond acceptors (Lipinski definition) is 4. The van der Waals surface area contributed by atoms with Gasteiger partial charge < -0.3 is 20.1 Å². The van der Waals surface area contributed by atoms with Crippen molar-refractivity contribution in [2.24, 2.45) is 0 Å². The zero-order chi connectivity index (χ0) is 13.4. The van der Waals surface area contributed by atoms with E-state index in [-0.39, 0.29) is 19.1 Å². The number of ether oxygens (including phenoxy) is 1. The van der Waals surface area contributed by atoms with Crippen LogP contribution in [-0.4, -0.2) is 55.8 Å². The fourth-order valence-electron chi connectivity index (χ4n) is 1.43. The molecule has 0 radical (unpaired) electrons. The number of para-hydroxylation sites is 1. The largest absolute Gasteiger partial charge is 0.484 e. The van der Waals surface area contributed by atoms with Crippen molar-refractivity contribution < 1.29 is 14.6 Å². The van der Waals surface area contributed by atoms with Crippen LogP contribution < -0.4 is 10.1 Å². The number of nitrogens with zero attached hydrogens (tertiary/aromatic N) is 1. The van der Waals surface area contributed by atoms with E-state index < -0.39 is 6.10 Å². The van der Waals surface area contributed by atoms with Crippen LogP contribution in [0, 0.1) is 0 Å². The van der Waals surface area contributed by atoms with Gasteiger partial charge in [-0.05, 0) is 26.2 Å². The number of amides is 1. The molecule has 0 aliphatic rings. The average molecular weight is 252 g/mol. The van der Waals surface area contributed by atoms with Gasteiger partial charge in [0.1, 0.15) is 5.75 Å². The summed E-state index contributed by atoms with van der Waals surface area (Å²) in [5, 5.41) is 12.2. The van der Waals surface area contributed by atoms with Crippen LogP contribution in [0.1, 0.15) is 0 Å². The standard InChI is InChI=1S/C13H20N2O3/c1-15(2)9-11(16)8-14-13(17)10-18-12-6-4-3-5-7-12/h3-7,11,16H,8-10H2,1-2H3,(H,14,17). The van der Waals surface area contributed by atoms with Crippen LogP contribution in [0.25, 0.3) is 0 Å². The Morgan fingerprint density at radius 2 is 2.06 bits per heavy atom. The SMILES string of the molecule is CN(C)CC(O)CNC(=O)COc1ccccc1. The zero-order valence-electron chi connectivity index (χ0n) is 10.8. The third-order valence-corrected chi connectivity index (χ3v) is 2.22. The van der Waals surface area contributed by atoms with E-state index >= 15 is 0 Å². The van der Waals surface area contributed by atoms with Crippen LogP contribution in [0.15, 0.2) is 30.3 Å². The number of carbonyl (C=O) groups excluding carboxylic acids is 1. The highest BCUT2D eigenvalue weighted by Gasteiger charge is 2.08. The monoisotopic (exact) mass is 252 g/mol. The van der Waals surface area contributed by atoms with Crippen molar-refractivity contribution in [1.82, 2.24) is 10.2 Å². The molecule has 0 spiro atoms. The molecular formula is C13H20N2O3. The fraction of sp³-hybridized carbons (Fsp3) is 0.462. The second kappa shape index (κ2) is 7.68. The van der Waals surface area contributed by atoms with Crippen molar-refractivity contribution >= 4 is 5.91 Å². The van der Waals surface area contributed by atoms with Crippen molar-refractivity contribution in [2.75, 3.05) is 33.8 Å². The van der Waals surface area contributed by atoms with Gasteiger partial charge in [-0.1, -0.05) is 18.2 Å². The highest BCUT2D eigenvalue weighted by atomic mass is 16.5. The van der Waals surface area contributed by atoms with Crippen LogP contribution >= 0.6 is 0 Å². The third kappa shape index (κ3) is 6.22. The lowest BCUT2D eigenvalue weighted by Gasteiger charge is -2.16. The maximum atomic E-state index is 11.4. The van der Waals surface area contributed by atoms with Gasteiger partial charge in [0.15, 0.2) is 6.61 Å². The quantitative estimate of drug-likeness (QED) is 0.723. The Morgan fingerprint density at radius 3 is 2.67 bits per heavy atom. The van der Waals surface area contributed by atoms with Crippen molar-refractivity contribution in [3.05, 3.63) is 30.3 Å². The molecule has 2 N–H and O–H groups in total. The van der Waals surface area contributed by atoms with Crippen molar-refractivity contribution in [2.45, 2.75) is 6.10 Å². The van der Waals surface area contributed by atoms with Crippen molar-refractivity contribution in [1.29, 1.82) is 0 Å². The van der Waals surface area contributed by atoms with Gasteiger partial charge in [0.2, 0.25) is 0 Å². The number of hydrogen-bond donors (Lipinski definition) is 2. The number of likely N-dealkylation sites (N-methyl/N-ethyl adjacent to an activating group) is 1. The van der Waals surface area contributed by atoms with Crippen LogP contribution in [0.3, 0.4) is 0 Å². The minimum Gasteiger partial charge on any atom is -0.484 e. The van der Waals surface area contributed by atoms with Crippen LogP contribution in [0.2, 0.25) is 0 Å². The molecule has 100 valence electrons. The first-order valence-electron chi connectivity index (χ1n) is 5.85. The van der Waals surface area contributed by atoms with E-state index in [9.17, 15) is 9.90 Å². The summed E-state index contributed by atoms with van der Waals surface area (Å²) in [5.41, 5.74) is 0. The lowest BCUT2D eigenvalue weighted by molar-refractivity contribution is -0.123. The summed E-state index contributed by atoms with van der Waals surface area (Å²) < 4.78 is 5.28. The molecule has 0 fully saturated rings. The summed E-state index contributed by atoms with van der Waals surface area (Å²) in [6.45, 7) is 0.702. The Kier molecular flexibility index (Phi) is 6.18. The van der Waals surface area contributed by atoms with E-state index in [0.29, 0.717) is 12.3 Å². The number of rotatable bonds is 7. The molecule has 1 aromatic carbocycles. The number of benzene rings is 1. The van der Waals surface area contributed by atoms with Gasteiger partial charge in [-0.25, -0.2) is 0 Å². The molecule has 1 aromatic rings. The van der Waals surface area contributed by atoms with E-state index in [2.05, 4.69) is 5.32 Å². The van der Waals surface area contributed by atoms with E-state index in [0.717, 1.165) is 0 Å². The summed E-state index contributed by atoms with van der Waals surface area (Å²) >= 11 is 0. The molecular weight excluding hydrogens is 232 g/mol. The first-order chi connectivity index (χ1) is 8.58. The molecule has 0 saturated heterocycles. The normalized spacial score (nSPS) is 12.2. The molecule has 0 bridgehead atoms. The molecule has 1 atom stereocenters. The van der Waals surface area contributed by atoms with Gasteiger partial charge in [0.05, 0.1) is 6.10 Å². The molecule has 0 heterocycles. The molecule has 18 heavy (non-hydrogen) atoms. The van der Waals surface area contributed by atoms with Crippen molar-refractivity contribution in [3.63, 3.8) is 0 Å². The second-order valence-electron chi connectivity index (χ2n) is 4.32. The summed E-state index contributed by atoms with van der Waals surface area (Å²) in [4.78, 5) is 13.3. The number of aliphatic hydroxyl groups excluding tert-OH is 1. The van der Waals surface area contributed by atoms with Crippen molar-refractivity contribution in [3.8, 4) is 5.75 Å². The van der Waals surface area contributed by atoms with Crippen LogP contribution in [0.5, 0.6) is 5.75 Å². The van der Waals surface area contributed by atoms with E-state index in [1.165, 1.54) is 0 Å². The predicted octanol–water partition coefficient (Wildman–Crippen LogP) is 0.104. The van der Waals surface area contributed by atoms with E-state index in [1.54, 1.807) is 12.1 Å². The molecule has 5 heteroatoms. The van der Waals surface area contributed by atoms with Gasteiger partial charge >= 0.3 is 0 Å². The zero-order valence-corrected chi connectivity index (χ0v) is 10.8. The van der Waals surface area contributed by atoms with Crippen LogP contribution in [-0.2, 0) is 4.79 Å². The lowest BCUT2D eigenvalue weighted by atomic mass is 10.3. The number of aliphatic hydroxyl groups is 1. The minimum absolute atomic E-state index is 0.0430. The van der Waals surface area contributed by atoms with Gasteiger partial charge in [0, 0.05) is 13.1 Å². The average Bonchev–Trinajstić information content (AvgIpc) is 2.34. The van der Waals surface area contributed by atoms with Gasteiger partial charge in [-0.2, -0.15) is 0 Å². The summed E-state index contributed by atoms with van der Waals surface area (Å²) in [7, 11) is 3.73. The summed E-state index contributed by atoms with van der Waals surface area (Å²) in [6, 6.07) is 9.13. The Balaban J connectivity index is 2.18. The van der Waals surface area contributed by atoms with Gasteiger partial charge in [-0.3, -0.25) is 4.79 Å². The Morgan fingerprint density at radius 1 is 1.39 bits per heavy atom. The van der Waals surface area contributed by atoms with E-state index in [4.69, 9.17) is 4.74 Å².